The summed E-state index contributed by atoms with van der Waals surface area (Å²) in [5.74, 6) is 0. The van der Waals surface area contributed by atoms with Crippen LogP contribution in [0.3, 0.4) is 0 Å². The third-order valence-corrected chi connectivity index (χ3v) is 3.87. The number of thiophene rings is 1. The highest BCUT2D eigenvalue weighted by Crippen LogP contribution is 2.22. The molecule has 2 heterocycles. The molecule has 78 valence electrons. The van der Waals surface area contributed by atoms with E-state index in [1.54, 1.807) is 11.3 Å². The second-order valence-electron chi connectivity index (χ2n) is 3.95. The van der Waals surface area contributed by atoms with Gasteiger partial charge in [-0.2, -0.15) is 0 Å². The fourth-order valence-corrected chi connectivity index (χ4v) is 2.88. The van der Waals surface area contributed by atoms with E-state index in [4.69, 9.17) is 11.6 Å². The monoisotopic (exact) mass is 229 g/mol. The van der Waals surface area contributed by atoms with Crippen LogP contribution in [0.25, 0.3) is 0 Å². The molecule has 1 aromatic heterocycles. The molecule has 1 nitrogen and oxygen atoms in total. The van der Waals surface area contributed by atoms with E-state index in [2.05, 4.69) is 16.3 Å². The van der Waals surface area contributed by atoms with E-state index in [0.717, 1.165) is 10.9 Å². The van der Waals surface area contributed by atoms with E-state index in [9.17, 15) is 0 Å². The zero-order chi connectivity index (χ0) is 9.80. The molecule has 0 atom stereocenters. The summed E-state index contributed by atoms with van der Waals surface area (Å²) in [5.41, 5.74) is 1.38. The van der Waals surface area contributed by atoms with Crippen molar-refractivity contribution in [1.29, 1.82) is 0 Å². The van der Waals surface area contributed by atoms with Gasteiger partial charge in [0.15, 0.2) is 0 Å². The van der Waals surface area contributed by atoms with Crippen LogP contribution in [0.5, 0.6) is 0 Å². The van der Waals surface area contributed by atoms with Gasteiger partial charge in [0.25, 0.3) is 0 Å². The summed E-state index contributed by atoms with van der Waals surface area (Å²) in [7, 11) is 0. The summed E-state index contributed by atoms with van der Waals surface area (Å²) >= 11 is 7.55. The minimum absolute atomic E-state index is 0.912. The van der Waals surface area contributed by atoms with E-state index in [1.807, 2.05) is 0 Å². The minimum Gasteiger partial charge on any atom is -0.299 e. The molecule has 14 heavy (non-hydrogen) atoms. The van der Waals surface area contributed by atoms with Crippen LogP contribution in [0, 0.1) is 0 Å². The van der Waals surface area contributed by atoms with Crippen molar-refractivity contribution in [3.05, 3.63) is 21.3 Å². The Kier molecular flexibility index (Phi) is 3.85. The average Bonchev–Trinajstić information content (AvgIpc) is 2.43. The summed E-state index contributed by atoms with van der Waals surface area (Å²) in [6.45, 7) is 3.60. The van der Waals surface area contributed by atoms with E-state index in [0.29, 0.717) is 0 Å². The van der Waals surface area contributed by atoms with E-state index in [-0.39, 0.29) is 0 Å². The fourth-order valence-electron chi connectivity index (χ4n) is 1.98. The number of halogens is 1. The van der Waals surface area contributed by atoms with Crippen molar-refractivity contribution >= 4 is 22.9 Å². The van der Waals surface area contributed by atoms with Crippen LogP contribution in [-0.2, 0) is 6.54 Å². The Balaban J connectivity index is 1.89. The summed E-state index contributed by atoms with van der Waals surface area (Å²) in [6.07, 6.45) is 5.53. The zero-order valence-corrected chi connectivity index (χ0v) is 9.91. The normalized spacial score (nSPS) is 19.5. The smallest absolute Gasteiger partial charge is 0.0931 e. The van der Waals surface area contributed by atoms with Crippen molar-refractivity contribution in [2.75, 3.05) is 13.1 Å². The molecule has 0 N–H and O–H groups in total. The first kappa shape index (κ1) is 10.5. The molecular formula is C11H16ClNS. The maximum Gasteiger partial charge on any atom is 0.0931 e. The van der Waals surface area contributed by atoms with Gasteiger partial charge in [0.05, 0.1) is 4.34 Å². The van der Waals surface area contributed by atoms with Crippen molar-refractivity contribution in [3.63, 3.8) is 0 Å². The molecule has 1 saturated heterocycles. The topological polar surface area (TPSA) is 3.24 Å². The summed E-state index contributed by atoms with van der Waals surface area (Å²) < 4.78 is 0.912. The van der Waals surface area contributed by atoms with Gasteiger partial charge in [0, 0.05) is 6.54 Å². The molecule has 0 bridgehead atoms. The highest BCUT2D eigenvalue weighted by Gasteiger charge is 2.09. The number of hydrogen-bond acceptors (Lipinski definition) is 2. The Morgan fingerprint density at radius 3 is 2.50 bits per heavy atom. The van der Waals surface area contributed by atoms with E-state index in [1.165, 1.54) is 44.3 Å². The number of likely N-dealkylation sites (tertiary alicyclic amines) is 1. The van der Waals surface area contributed by atoms with Crippen LogP contribution < -0.4 is 0 Å². The maximum absolute atomic E-state index is 5.91. The summed E-state index contributed by atoms with van der Waals surface area (Å²) in [6, 6.07) is 2.09. The van der Waals surface area contributed by atoms with Gasteiger partial charge < -0.3 is 0 Å². The van der Waals surface area contributed by atoms with E-state index < -0.39 is 0 Å². The fraction of sp³-hybridized carbons (Fsp3) is 0.636. The Morgan fingerprint density at radius 1 is 1.21 bits per heavy atom. The van der Waals surface area contributed by atoms with Crippen molar-refractivity contribution in [1.82, 2.24) is 4.90 Å². The van der Waals surface area contributed by atoms with Crippen molar-refractivity contribution in [2.24, 2.45) is 0 Å². The molecule has 0 amide bonds. The first-order valence-electron chi connectivity index (χ1n) is 5.30. The Bertz CT molecular complexity index is 277. The Labute approximate surface area is 94.7 Å². The van der Waals surface area contributed by atoms with Gasteiger partial charge in [0.2, 0.25) is 0 Å². The van der Waals surface area contributed by atoms with Gasteiger partial charge in [-0.1, -0.05) is 24.4 Å². The molecule has 1 fully saturated rings. The Morgan fingerprint density at radius 2 is 1.93 bits per heavy atom. The molecule has 0 radical (unpaired) electrons. The molecule has 0 saturated carbocycles. The predicted octanol–water partition coefficient (Wildman–Crippen LogP) is 3.78. The van der Waals surface area contributed by atoms with Crippen LogP contribution in [0.2, 0.25) is 4.34 Å². The molecule has 0 aliphatic carbocycles. The van der Waals surface area contributed by atoms with Crippen LogP contribution in [0.15, 0.2) is 11.4 Å². The lowest BCUT2D eigenvalue weighted by Gasteiger charge is -2.18. The number of hydrogen-bond donors (Lipinski definition) is 0. The average molecular weight is 230 g/mol. The molecule has 0 unspecified atom stereocenters. The van der Waals surface area contributed by atoms with Crippen molar-refractivity contribution in [3.8, 4) is 0 Å². The van der Waals surface area contributed by atoms with Gasteiger partial charge in [-0.3, -0.25) is 4.90 Å². The first-order valence-corrected chi connectivity index (χ1v) is 6.55. The highest BCUT2D eigenvalue weighted by molar-refractivity contribution is 7.14. The Hall–Kier alpha value is -0.0500. The van der Waals surface area contributed by atoms with Crippen LogP contribution >= 0.6 is 22.9 Å². The van der Waals surface area contributed by atoms with Crippen LogP contribution in [0.4, 0.5) is 0 Å². The maximum atomic E-state index is 5.91. The minimum atomic E-state index is 0.912. The lowest BCUT2D eigenvalue weighted by molar-refractivity contribution is 0.277. The molecule has 3 heteroatoms. The molecule has 0 aromatic carbocycles. The predicted molar refractivity (Wildman–Crippen MR) is 63.1 cm³/mol. The highest BCUT2D eigenvalue weighted by atomic mass is 35.5. The lowest BCUT2D eigenvalue weighted by atomic mass is 10.2. The molecule has 1 aromatic rings. The van der Waals surface area contributed by atoms with Crippen LogP contribution in [-0.4, -0.2) is 18.0 Å². The van der Waals surface area contributed by atoms with Gasteiger partial charge in [-0.05, 0) is 42.9 Å². The second kappa shape index (κ2) is 5.15. The lowest BCUT2D eigenvalue weighted by Crippen LogP contribution is -2.23. The SMILES string of the molecule is Clc1cc(CN2CCCCCC2)cs1. The molecule has 2 rings (SSSR count). The second-order valence-corrected chi connectivity index (χ2v) is 5.49. The van der Waals surface area contributed by atoms with Crippen molar-refractivity contribution in [2.45, 2.75) is 32.2 Å². The first-order chi connectivity index (χ1) is 6.84. The van der Waals surface area contributed by atoms with Crippen molar-refractivity contribution < 1.29 is 0 Å². The van der Waals surface area contributed by atoms with Gasteiger partial charge in [-0.15, -0.1) is 11.3 Å². The molecular weight excluding hydrogens is 214 g/mol. The van der Waals surface area contributed by atoms with Crippen LogP contribution in [0.1, 0.15) is 31.2 Å². The zero-order valence-electron chi connectivity index (χ0n) is 8.34. The summed E-state index contributed by atoms with van der Waals surface area (Å²) in [4.78, 5) is 2.55. The summed E-state index contributed by atoms with van der Waals surface area (Å²) in [5, 5.41) is 2.17. The third kappa shape index (κ3) is 2.97. The van der Waals surface area contributed by atoms with Gasteiger partial charge in [-0.25, -0.2) is 0 Å². The number of rotatable bonds is 2. The molecule has 1 aliphatic heterocycles. The van der Waals surface area contributed by atoms with Gasteiger partial charge >= 0.3 is 0 Å². The molecule has 1 aliphatic rings. The third-order valence-electron chi connectivity index (χ3n) is 2.73. The van der Waals surface area contributed by atoms with Gasteiger partial charge in [0.1, 0.15) is 0 Å². The largest absolute Gasteiger partial charge is 0.299 e. The molecule has 0 spiro atoms. The quantitative estimate of drug-likeness (QED) is 0.746. The number of nitrogens with zero attached hydrogens (tertiary/aromatic N) is 1. The van der Waals surface area contributed by atoms with E-state index >= 15 is 0 Å². The standard InChI is InChI=1S/C11H16ClNS/c12-11-7-10(9-14-11)8-13-5-3-1-2-4-6-13/h7,9H,1-6,8H2.